The lowest BCUT2D eigenvalue weighted by atomic mass is 10.2. The van der Waals surface area contributed by atoms with Crippen LogP contribution in [0.15, 0.2) is 42.5 Å². The lowest BCUT2D eigenvalue weighted by Gasteiger charge is -2.10. The summed E-state index contributed by atoms with van der Waals surface area (Å²) in [5.41, 5.74) is 1.86. The van der Waals surface area contributed by atoms with Gasteiger partial charge in [-0.1, -0.05) is 17.7 Å². The number of nitrogens with one attached hydrogen (secondary N) is 2. The molecule has 2 aromatic rings. The Hall–Kier alpha value is -3.06. The second kappa shape index (κ2) is 10.8. The first-order valence-corrected chi connectivity index (χ1v) is 10.5. The van der Waals surface area contributed by atoms with Crippen molar-refractivity contribution in [3.8, 4) is 5.75 Å². The van der Waals surface area contributed by atoms with E-state index >= 15 is 0 Å². The summed E-state index contributed by atoms with van der Waals surface area (Å²) in [6, 6.07) is 12.2. The fourth-order valence-electron chi connectivity index (χ4n) is 2.82. The highest BCUT2D eigenvalue weighted by atomic mass is 35.5. The fraction of sp³-hybridized carbons (Fsp3) is 0.348. The van der Waals surface area contributed by atoms with E-state index in [2.05, 4.69) is 10.6 Å². The highest BCUT2D eigenvalue weighted by molar-refractivity contribution is 6.30. The number of benzene rings is 2. The van der Waals surface area contributed by atoms with Gasteiger partial charge >= 0.3 is 5.97 Å². The molecule has 0 spiro atoms. The fourth-order valence-corrected chi connectivity index (χ4v) is 3.05. The first-order chi connectivity index (χ1) is 14.9. The van der Waals surface area contributed by atoms with Crippen molar-refractivity contribution in [3.63, 3.8) is 0 Å². The second-order valence-electron chi connectivity index (χ2n) is 7.40. The van der Waals surface area contributed by atoms with E-state index in [-0.39, 0.29) is 18.4 Å². The Bertz CT molecular complexity index is 959. The van der Waals surface area contributed by atoms with Crippen molar-refractivity contribution in [2.24, 2.45) is 0 Å². The molecule has 3 rings (SSSR count). The Balaban J connectivity index is 1.34. The molecule has 0 aliphatic heterocycles. The number of ether oxygens (including phenoxy) is 2. The molecule has 0 heterocycles. The van der Waals surface area contributed by atoms with Gasteiger partial charge in [-0.25, -0.2) is 0 Å². The number of anilines is 1. The number of esters is 1. The summed E-state index contributed by atoms with van der Waals surface area (Å²) in [6.07, 6.45) is 2.60. The van der Waals surface area contributed by atoms with Gasteiger partial charge in [0.05, 0.1) is 6.61 Å². The van der Waals surface area contributed by atoms with E-state index in [4.69, 9.17) is 21.1 Å². The number of halogens is 1. The zero-order chi connectivity index (χ0) is 22.2. The monoisotopic (exact) mass is 444 g/mol. The molecule has 1 aliphatic carbocycles. The predicted molar refractivity (Wildman–Crippen MR) is 117 cm³/mol. The minimum atomic E-state index is -0.482. The zero-order valence-electron chi connectivity index (χ0n) is 17.3. The van der Waals surface area contributed by atoms with Gasteiger partial charge in [-0.2, -0.15) is 0 Å². The smallest absolute Gasteiger partial charge is 0.306 e. The molecular weight excluding hydrogens is 420 g/mol. The Morgan fingerprint density at radius 1 is 1.13 bits per heavy atom. The standard InChI is InChI=1S/C23H25ClN2O5/c1-15-12-17(24)7-10-20(15)30-11-3-6-22(28)31-14-21(27)25-19-5-2-4-16(13-19)23(29)26-18-8-9-18/h2,4-5,7,10,12-13,18H,3,6,8-9,11,14H2,1H3,(H,25,27)(H,26,29). The minimum absolute atomic E-state index is 0.136. The number of aryl methyl sites for hydroxylation is 1. The van der Waals surface area contributed by atoms with Crippen molar-refractivity contribution in [1.29, 1.82) is 0 Å². The SMILES string of the molecule is Cc1cc(Cl)ccc1OCCCC(=O)OCC(=O)Nc1cccc(C(=O)NC2CC2)c1. The first kappa shape index (κ1) is 22.6. The summed E-state index contributed by atoms with van der Waals surface area (Å²) in [5, 5.41) is 6.16. The summed E-state index contributed by atoms with van der Waals surface area (Å²) in [5.74, 6) is -0.406. The van der Waals surface area contributed by atoms with Crippen LogP contribution in [0.3, 0.4) is 0 Å². The van der Waals surface area contributed by atoms with Crippen molar-refractivity contribution in [2.45, 2.75) is 38.6 Å². The van der Waals surface area contributed by atoms with Crippen LogP contribution in [0.2, 0.25) is 5.02 Å². The van der Waals surface area contributed by atoms with Crippen molar-refractivity contribution in [2.75, 3.05) is 18.5 Å². The Morgan fingerprint density at radius 3 is 2.68 bits per heavy atom. The lowest BCUT2D eigenvalue weighted by Crippen LogP contribution is -2.25. The zero-order valence-corrected chi connectivity index (χ0v) is 18.0. The summed E-state index contributed by atoms with van der Waals surface area (Å²) in [4.78, 5) is 36.0. The third kappa shape index (κ3) is 7.61. The number of amides is 2. The topological polar surface area (TPSA) is 93.7 Å². The van der Waals surface area contributed by atoms with Crippen LogP contribution in [0, 0.1) is 6.92 Å². The average molecular weight is 445 g/mol. The predicted octanol–water partition coefficient (Wildman–Crippen LogP) is 3.88. The quantitative estimate of drug-likeness (QED) is 0.428. The summed E-state index contributed by atoms with van der Waals surface area (Å²) in [6.45, 7) is 1.84. The molecule has 0 radical (unpaired) electrons. The van der Waals surface area contributed by atoms with Gasteiger partial charge < -0.3 is 20.1 Å². The Kier molecular flexibility index (Phi) is 7.89. The molecule has 31 heavy (non-hydrogen) atoms. The molecule has 8 heteroatoms. The van der Waals surface area contributed by atoms with Gasteiger partial charge in [-0.15, -0.1) is 0 Å². The van der Waals surface area contributed by atoms with E-state index in [9.17, 15) is 14.4 Å². The van der Waals surface area contributed by atoms with E-state index < -0.39 is 18.5 Å². The van der Waals surface area contributed by atoms with Gasteiger partial charge in [-0.3, -0.25) is 14.4 Å². The van der Waals surface area contributed by atoms with E-state index in [1.54, 1.807) is 42.5 Å². The van der Waals surface area contributed by atoms with Crippen molar-refractivity contribution < 1.29 is 23.9 Å². The van der Waals surface area contributed by atoms with E-state index in [1.165, 1.54) is 0 Å². The van der Waals surface area contributed by atoms with Crippen molar-refractivity contribution in [3.05, 3.63) is 58.6 Å². The highest BCUT2D eigenvalue weighted by Crippen LogP contribution is 2.22. The molecule has 2 amide bonds. The molecule has 2 aromatic carbocycles. The van der Waals surface area contributed by atoms with Gasteiger partial charge in [0, 0.05) is 28.7 Å². The minimum Gasteiger partial charge on any atom is -0.493 e. The number of carbonyl (C=O) groups is 3. The maximum Gasteiger partial charge on any atom is 0.306 e. The van der Waals surface area contributed by atoms with E-state index in [1.807, 2.05) is 6.92 Å². The van der Waals surface area contributed by atoms with Gasteiger partial charge in [0.2, 0.25) is 0 Å². The normalized spacial score (nSPS) is 12.7. The van der Waals surface area contributed by atoms with Crippen LogP contribution in [0.1, 0.15) is 41.6 Å². The maximum absolute atomic E-state index is 12.1. The number of carbonyl (C=O) groups excluding carboxylic acids is 3. The molecule has 1 fully saturated rings. The van der Waals surface area contributed by atoms with Gasteiger partial charge in [0.25, 0.3) is 11.8 Å². The first-order valence-electron chi connectivity index (χ1n) is 10.2. The number of hydrogen-bond donors (Lipinski definition) is 2. The molecule has 0 bridgehead atoms. The molecule has 1 saturated carbocycles. The molecule has 0 unspecified atom stereocenters. The molecule has 0 aromatic heterocycles. The highest BCUT2D eigenvalue weighted by Gasteiger charge is 2.23. The summed E-state index contributed by atoms with van der Waals surface area (Å²) >= 11 is 5.91. The molecule has 0 atom stereocenters. The largest absolute Gasteiger partial charge is 0.493 e. The second-order valence-corrected chi connectivity index (χ2v) is 7.84. The summed E-state index contributed by atoms with van der Waals surface area (Å²) in [7, 11) is 0. The van der Waals surface area contributed by atoms with Crippen molar-refractivity contribution in [1.82, 2.24) is 5.32 Å². The molecular formula is C23H25ClN2O5. The average Bonchev–Trinajstić information content (AvgIpc) is 3.55. The van der Waals surface area contributed by atoms with Gasteiger partial charge in [0.15, 0.2) is 6.61 Å². The number of hydrogen-bond acceptors (Lipinski definition) is 5. The third-order valence-electron chi connectivity index (χ3n) is 4.61. The van der Waals surface area contributed by atoms with Crippen LogP contribution in [-0.4, -0.2) is 37.0 Å². The maximum atomic E-state index is 12.1. The summed E-state index contributed by atoms with van der Waals surface area (Å²) < 4.78 is 10.6. The molecule has 2 N–H and O–H groups in total. The van der Waals surface area contributed by atoms with Crippen LogP contribution in [0.25, 0.3) is 0 Å². The molecule has 0 saturated heterocycles. The van der Waals surface area contributed by atoms with Gasteiger partial charge in [-0.05, 0) is 68.1 Å². The van der Waals surface area contributed by atoms with Crippen LogP contribution in [0.5, 0.6) is 5.75 Å². The van der Waals surface area contributed by atoms with Crippen LogP contribution < -0.4 is 15.4 Å². The van der Waals surface area contributed by atoms with Crippen molar-refractivity contribution >= 4 is 35.1 Å². The Labute approximate surface area is 186 Å². The van der Waals surface area contributed by atoms with Crippen LogP contribution in [0.4, 0.5) is 5.69 Å². The van der Waals surface area contributed by atoms with Crippen LogP contribution >= 0.6 is 11.6 Å². The lowest BCUT2D eigenvalue weighted by molar-refractivity contribution is -0.147. The third-order valence-corrected chi connectivity index (χ3v) is 4.84. The van der Waals surface area contributed by atoms with Crippen LogP contribution in [-0.2, 0) is 14.3 Å². The molecule has 7 nitrogen and oxygen atoms in total. The molecule has 164 valence electrons. The number of rotatable bonds is 10. The van der Waals surface area contributed by atoms with E-state index in [0.717, 1.165) is 18.4 Å². The van der Waals surface area contributed by atoms with Gasteiger partial charge in [0.1, 0.15) is 5.75 Å². The van der Waals surface area contributed by atoms with E-state index in [0.29, 0.717) is 35.1 Å². The molecule has 1 aliphatic rings. The Morgan fingerprint density at radius 2 is 1.94 bits per heavy atom.